The lowest BCUT2D eigenvalue weighted by molar-refractivity contribution is 0.996. The standard InChI is InChI=1S/C22H17N9/c1-2-6-17-16(5-1)28-18(29-17)11-24-20-19-21(26-12-25-20)31-22(30-19)27-14-7-8-15-13(10-14)4-3-9-23-15/h1-10,12H,11H2,(H,28,29)(H3,24,25,26,27,30,31). The Bertz CT molecular complexity index is 1500. The number of fused-ring (bicyclic) bond motifs is 3. The van der Waals surface area contributed by atoms with Gasteiger partial charge in [-0.05, 0) is 36.4 Å². The average Bonchev–Trinajstić information content (AvgIpc) is 3.41. The van der Waals surface area contributed by atoms with E-state index in [9.17, 15) is 0 Å². The van der Waals surface area contributed by atoms with Crippen molar-refractivity contribution in [2.45, 2.75) is 6.54 Å². The maximum absolute atomic E-state index is 4.59. The van der Waals surface area contributed by atoms with Gasteiger partial charge < -0.3 is 20.6 Å². The van der Waals surface area contributed by atoms with Crippen molar-refractivity contribution < 1.29 is 0 Å². The minimum atomic E-state index is 0.500. The monoisotopic (exact) mass is 407 g/mol. The molecule has 31 heavy (non-hydrogen) atoms. The van der Waals surface area contributed by atoms with Crippen molar-refractivity contribution in [2.24, 2.45) is 0 Å². The highest BCUT2D eigenvalue weighted by Crippen LogP contribution is 2.23. The summed E-state index contributed by atoms with van der Waals surface area (Å²) in [5.74, 6) is 2.08. The highest BCUT2D eigenvalue weighted by molar-refractivity contribution is 5.86. The van der Waals surface area contributed by atoms with Crippen molar-refractivity contribution >= 4 is 50.6 Å². The van der Waals surface area contributed by atoms with Gasteiger partial charge in [0.15, 0.2) is 11.5 Å². The van der Waals surface area contributed by atoms with Gasteiger partial charge in [-0.15, -0.1) is 0 Å². The van der Waals surface area contributed by atoms with Crippen LogP contribution in [0.3, 0.4) is 0 Å². The van der Waals surface area contributed by atoms with E-state index in [0.29, 0.717) is 24.0 Å². The number of anilines is 3. The van der Waals surface area contributed by atoms with Crippen LogP contribution in [-0.2, 0) is 6.54 Å². The molecule has 0 aliphatic heterocycles. The molecule has 0 unspecified atom stereocenters. The Morgan fingerprint density at radius 1 is 0.839 bits per heavy atom. The van der Waals surface area contributed by atoms with Crippen LogP contribution in [-0.4, -0.2) is 34.9 Å². The summed E-state index contributed by atoms with van der Waals surface area (Å²) >= 11 is 0. The fourth-order valence-electron chi connectivity index (χ4n) is 3.57. The molecule has 0 bridgehead atoms. The van der Waals surface area contributed by atoms with Crippen molar-refractivity contribution in [3.05, 3.63) is 72.9 Å². The molecule has 6 rings (SSSR count). The largest absolute Gasteiger partial charge is 0.361 e. The molecular weight excluding hydrogens is 390 g/mol. The van der Waals surface area contributed by atoms with E-state index in [1.54, 1.807) is 6.20 Å². The van der Waals surface area contributed by atoms with Gasteiger partial charge in [0.2, 0.25) is 5.95 Å². The first-order chi connectivity index (χ1) is 15.3. The molecule has 0 saturated heterocycles. The van der Waals surface area contributed by atoms with E-state index in [0.717, 1.165) is 39.0 Å². The molecule has 0 aliphatic rings. The molecular formula is C22H17N9. The Balaban J connectivity index is 1.26. The van der Waals surface area contributed by atoms with Crippen LogP contribution >= 0.6 is 0 Å². The van der Waals surface area contributed by atoms with Crippen LogP contribution in [0.1, 0.15) is 5.82 Å². The molecule has 0 radical (unpaired) electrons. The van der Waals surface area contributed by atoms with E-state index in [-0.39, 0.29) is 0 Å². The maximum atomic E-state index is 4.59. The zero-order valence-corrected chi connectivity index (χ0v) is 16.3. The van der Waals surface area contributed by atoms with Crippen LogP contribution in [0.25, 0.3) is 33.1 Å². The molecule has 0 atom stereocenters. The van der Waals surface area contributed by atoms with Gasteiger partial charge in [0.05, 0.1) is 23.1 Å². The number of pyridine rings is 1. The summed E-state index contributed by atoms with van der Waals surface area (Å²) in [6.45, 7) is 0.500. The highest BCUT2D eigenvalue weighted by atomic mass is 15.2. The van der Waals surface area contributed by atoms with Crippen molar-refractivity contribution in [2.75, 3.05) is 10.6 Å². The van der Waals surface area contributed by atoms with Gasteiger partial charge in [-0.25, -0.2) is 15.0 Å². The number of rotatable bonds is 5. The molecule has 0 spiro atoms. The van der Waals surface area contributed by atoms with Crippen LogP contribution in [0.2, 0.25) is 0 Å². The number of nitrogens with zero attached hydrogens (tertiary/aromatic N) is 5. The quantitative estimate of drug-likeness (QED) is 0.339. The highest BCUT2D eigenvalue weighted by Gasteiger charge is 2.11. The number of H-pyrrole nitrogens is 2. The minimum Gasteiger partial charge on any atom is -0.361 e. The number of aromatic amines is 2. The van der Waals surface area contributed by atoms with Gasteiger partial charge in [-0.2, -0.15) is 4.98 Å². The summed E-state index contributed by atoms with van der Waals surface area (Å²) in [6.07, 6.45) is 3.28. The minimum absolute atomic E-state index is 0.500. The molecule has 4 aromatic heterocycles. The third kappa shape index (κ3) is 3.27. The predicted molar refractivity (Wildman–Crippen MR) is 120 cm³/mol. The van der Waals surface area contributed by atoms with E-state index in [4.69, 9.17) is 0 Å². The second-order valence-electron chi connectivity index (χ2n) is 7.10. The van der Waals surface area contributed by atoms with Gasteiger partial charge in [0.25, 0.3) is 0 Å². The lowest BCUT2D eigenvalue weighted by atomic mass is 10.2. The molecule has 0 amide bonds. The van der Waals surface area contributed by atoms with Gasteiger partial charge in [-0.3, -0.25) is 4.98 Å². The number of benzene rings is 2. The third-order valence-electron chi connectivity index (χ3n) is 5.02. The number of hydrogen-bond donors (Lipinski definition) is 4. The van der Waals surface area contributed by atoms with E-state index in [1.807, 2.05) is 54.6 Å². The molecule has 0 saturated carbocycles. The van der Waals surface area contributed by atoms with Gasteiger partial charge in [0.1, 0.15) is 17.7 Å². The Kier molecular flexibility index (Phi) is 3.95. The molecule has 9 heteroatoms. The zero-order valence-electron chi connectivity index (χ0n) is 16.3. The van der Waals surface area contributed by atoms with Crippen molar-refractivity contribution in [1.29, 1.82) is 0 Å². The molecule has 2 aromatic carbocycles. The first kappa shape index (κ1) is 17.3. The van der Waals surface area contributed by atoms with E-state index >= 15 is 0 Å². The fourth-order valence-corrected chi connectivity index (χ4v) is 3.57. The smallest absolute Gasteiger partial charge is 0.207 e. The predicted octanol–water partition coefficient (Wildman–Crippen LogP) is 4.13. The second kappa shape index (κ2) is 7.06. The lowest BCUT2D eigenvalue weighted by Crippen LogP contribution is -2.04. The normalized spacial score (nSPS) is 11.4. The van der Waals surface area contributed by atoms with Gasteiger partial charge in [-0.1, -0.05) is 18.2 Å². The lowest BCUT2D eigenvalue weighted by Gasteiger charge is -2.04. The number of imidazole rings is 2. The number of aromatic nitrogens is 7. The molecule has 0 fully saturated rings. The van der Waals surface area contributed by atoms with Crippen molar-refractivity contribution in [1.82, 2.24) is 34.9 Å². The molecule has 150 valence electrons. The van der Waals surface area contributed by atoms with Crippen LogP contribution in [0.5, 0.6) is 0 Å². The summed E-state index contributed by atoms with van der Waals surface area (Å²) in [7, 11) is 0. The SMILES string of the molecule is c1cnc2ccc(Nc3nc4ncnc(NCc5nc6ccccc6[nH]5)c4[nH]3)cc2c1. The van der Waals surface area contributed by atoms with Crippen LogP contribution < -0.4 is 10.6 Å². The number of para-hydroxylation sites is 2. The second-order valence-corrected chi connectivity index (χ2v) is 7.10. The number of hydrogen-bond acceptors (Lipinski definition) is 7. The van der Waals surface area contributed by atoms with E-state index in [1.165, 1.54) is 6.33 Å². The summed E-state index contributed by atoms with van der Waals surface area (Å²) in [5.41, 5.74) is 5.09. The van der Waals surface area contributed by atoms with Crippen LogP contribution in [0, 0.1) is 0 Å². The van der Waals surface area contributed by atoms with Crippen molar-refractivity contribution in [3.63, 3.8) is 0 Å². The van der Waals surface area contributed by atoms with Gasteiger partial charge >= 0.3 is 0 Å². The Morgan fingerprint density at radius 2 is 1.81 bits per heavy atom. The molecule has 0 aliphatic carbocycles. The van der Waals surface area contributed by atoms with Crippen molar-refractivity contribution in [3.8, 4) is 0 Å². The first-order valence-electron chi connectivity index (χ1n) is 9.82. The van der Waals surface area contributed by atoms with E-state index < -0.39 is 0 Å². The summed E-state index contributed by atoms with van der Waals surface area (Å²) in [5, 5.41) is 7.66. The Hall–Kier alpha value is -4.53. The summed E-state index contributed by atoms with van der Waals surface area (Å²) < 4.78 is 0. The third-order valence-corrected chi connectivity index (χ3v) is 5.02. The summed E-state index contributed by atoms with van der Waals surface area (Å²) in [6, 6.07) is 17.9. The maximum Gasteiger partial charge on any atom is 0.207 e. The summed E-state index contributed by atoms with van der Waals surface area (Å²) in [4.78, 5) is 28.7. The first-order valence-corrected chi connectivity index (χ1v) is 9.82. The van der Waals surface area contributed by atoms with Crippen LogP contribution in [0.15, 0.2) is 67.1 Å². The molecule has 4 N–H and O–H groups in total. The average molecular weight is 407 g/mol. The fraction of sp³-hybridized carbons (Fsp3) is 0.0455. The molecule has 4 heterocycles. The molecule has 6 aromatic rings. The van der Waals surface area contributed by atoms with Crippen LogP contribution in [0.4, 0.5) is 17.5 Å². The zero-order chi connectivity index (χ0) is 20.6. The van der Waals surface area contributed by atoms with Gasteiger partial charge in [0, 0.05) is 17.3 Å². The van der Waals surface area contributed by atoms with E-state index in [2.05, 4.69) is 45.5 Å². The Labute approximate surface area is 176 Å². The number of nitrogens with one attached hydrogen (secondary N) is 4. The molecule has 9 nitrogen and oxygen atoms in total. The Morgan fingerprint density at radius 3 is 2.77 bits per heavy atom. The topological polar surface area (TPSA) is 120 Å².